The minimum Gasteiger partial charge on any atom is -0.288 e. The predicted molar refractivity (Wildman–Crippen MR) is 42.7 cm³/mol. The van der Waals surface area contributed by atoms with Crippen LogP contribution in [0.3, 0.4) is 0 Å². The Hall–Kier alpha value is 0.0200. The third-order valence-corrected chi connectivity index (χ3v) is 1.31. The zero-order valence-electron chi connectivity index (χ0n) is 6.27. The molecule has 0 fully saturated rings. The summed E-state index contributed by atoms with van der Waals surface area (Å²) in [4.78, 5) is 10.4. The van der Waals surface area contributed by atoms with Gasteiger partial charge in [0.2, 0.25) is 0 Å². The van der Waals surface area contributed by atoms with Gasteiger partial charge in [-0.25, -0.2) is 0 Å². The molecule has 0 radical (unpaired) electrons. The van der Waals surface area contributed by atoms with Gasteiger partial charge in [-0.2, -0.15) is 0 Å². The number of hydrogen-bond donors (Lipinski definition) is 1. The summed E-state index contributed by atoms with van der Waals surface area (Å²) in [5.41, 5.74) is 0.262. The lowest BCUT2D eigenvalue weighted by molar-refractivity contribution is -0.111. The number of hydrogen-bond acceptors (Lipinski definition) is 1. The second-order valence-electron chi connectivity index (χ2n) is 3.45. The van der Waals surface area contributed by atoms with Gasteiger partial charge >= 0.3 is 0 Å². The molecule has 0 saturated carbocycles. The molecule has 0 aromatic heterocycles. The molecule has 0 saturated heterocycles. The summed E-state index contributed by atoms with van der Waals surface area (Å²) < 4.78 is 0. The van der Waals surface area contributed by atoms with Gasteiger partial charge in [0.05, 0.1) is 0 Å². The van der Waals surface area contributed by atoms with E-state index < -0.39 is 0 Å². The van der Waals surface area contributed by atoms with Crippen molar-refractivity contribution in [1.29, 1.82) is 0 Å². The average Bonchev–Trinajstić information content (AvgIpc) is 1.59. The molecule has 0 aliphatic carbocycles. The van der Waals surface area contributed by atoms with Crippen LogP contribution in [-0.2, 0) is 4.79 Å². The highest BCUT2D eigenvalue weighted by Gasteiger charge is 2.10. The Labute approximate surface area is 62.2 Å². The van der Waals surface area contributed by atoms with Crippen molar-refractivity contribution in [2.45, 2.75) is 33.6 Å². The molecule has 0 atom stereocenters. The van der Waals surface area contributed by atoms with E-state index in [0.29, 0.717) is 6.42 Å². The molecule has 0 aliphatic heterocycles. The normalized spacial score (nSPS) is 11.6. The van der Waals surface area contributed by atoms with Crippen molar-refractivity contribution in [3.05, 3.63) is 0 Å². The van der Waals surface area contributed by atoms with E-state index in [0.717, 1.165) is 6.42 Å². The molecule has 0 aromatic rings. The summed E-state index contributed by atoms with van der Waals surface area (Å²) in [6, 6.07) is 0. The van der Waals surface area contributed by atoms with Gasteiger partial charge in [-0.3, -0.25) is 4.79 Å². The Balaban J connectivity index is 3.39. The second-order valence-corrected chi connectivity index (χ2v) is 3.95. The molecule has 9 heavy (non-hydrogen) atoms. The highest BCUT2D eigenvalue weighted by atomic mass is 32.1. The summed E-state index contributed by atoms with van der Waals surface area (Å²) in [6.45, 7) is 6.34. The van der Waals surface area contributed by atoms with Crippen LogP contribution in [0.5, 0.6) is 0 Å². The van der Waals surface area contributed by atoms with E-state index in [1.54, 1.807) is 0 Å². The SMILES string of the molecule is CC(C)(C)CCC(=O)S. The maximum absolute atomic E-state index is 10.4. The Bertz CT molecular complexity index is 102. The first kappa shape index (κ1) is 9.02. The molecule has 2 heteroatoms. The fourth-order valence-electron chi connectivity index (χ4n) is 0.482. The summed E-state index contributed by atoms with van der Waals surface area (Å²) in [5, 5.41) is -0.00933. The lowest BCUT2D eigenvalue weighted by atomic mass is 9.91. The molecular formula is C7H14OS. The molecule has 0 aromatic carbocycles. The van der Waals surface area contributed by atoms with Crippen molar-refractivity contribution in [2.24, 2.45) is 5.41 Å². The molecular weight excluding hydrogens is 132 g/mol. The number of thiol groups is 1. The van der Waals surface area contributed by atoms with Crippen LogP contribution in [0, 0.1) is 5.41 Å². The van der Waals surface area contributed by atoms with E-state index in [1.165, 1.54) is 0 Å². The fourth-order valence-corrected chi connectivity index (χ4v) is 0.594. The molecule has 0 rings (SSSR count). The second kappa shape index (κ2) is 3.25. The van der Waals surface area contributed by atoms with Crippen molar-refractivity contribution < 1.29 is 4.79 Å². The molecule has 0 N–H and O–H groups in total. The number of carbonyl (C=O) groups is 1. The van der Waals surface area contributed by atoms with Gasteiger partial charge in [-0.05, 0) is 11.8 Å². The third-order valence-electron chi connectivity index (χ3n) is 1.09. The molecule has 0 heterocycles. The smallest absolute Gasteiger partial charge is 0.185 e. The van der Waals surface area contributed by atoms with E-state index in [9.17, 15) is 4.79 Å². The van der Waals surface area contributed by atoms with Crippen molar-refractivity contribution in [3.8, 4) is 0 Å². The fraction of sp³-hybridized carbons (Fsp3) is 0.857. The van der Waals surface area contributed by atoms with Crippen molar-refractivity contribution >= 4 is 17.7 Å². The van der Waals surface area contributed by atoms with Gasteiger partial charge in [0, 0.05) is 6.42 Å². The average molecular weight is 146 g/mol. The maximum Gasteiger partial charge on any atom is 0.185 e. The van der Waals surface area contributed by atoms with Crippen LogP contribution >= 0.6 is 12.6 Å². The van der Waals surface area contributed by atoms with E-state index in [2.05, 4.69) is 33.4 Å². The van der Waals surface area contributed by atoms with Gasteiger partial charge in [-0.15, -0.1) is 12.6 Å². The van der Waals surface area contributed by atoms with Crippen molar-refractivity contribution in [2.75, 3.05) is 0 Å². The topological polar surface area (TPSA) is 17.1 Å². The van der Waals surface area contributed by atoms with Gasteiger partial charge in [-0.1, -0.05) is 20.8 Å². The first-order valence-electron chi connectivity index (χ1n) is 3.13. The van der Waals surface area contributed by atoms with Gasteiger partial charge in [0.15, 0.2) is 5.12 Å². The summed E-state index contributed by atoms with van der Waals surface area (Å²) >= 11 is 3.67. The lowest BCUT2D eigenvalue weighted by Gasteiger charge is -2.15. The first-order valence-corrected chi connectivity index (χ1v) is 3.58. The van der Waals surface area contributed by atoms with Crippen LogP contribution in [0.4, 0.5) is 0 Å². The molecule has 54 valence electrons. The Kier molecular flexibility index (Phi) is 3.26. The van der Waals surface area contributed by atoms with Crippen LogP contribution in [-0.4, -0.2) is 5.12 Å². The van der Waals surface area contributed by atoms with Crippen molar-refractivity contribution in [3.63, 3.8) is 0 Å². The van der Waals surface area contributed by atoms with E-state index in [1.807, 2.05) is 0 Å². The largest absolute Gasteiger partial charge is 0.288 e. The molecule has 1 nitrogen and oxygen atoms in total. The summed E-state index contributed by atoms with van der Waals surface area (Å²) in [7, 11) is 0. The van der Waals surface area contributed by atoms with Crippen LogP contribution in [0.2, 0.25) is 0 Å². The summed E-state index contributed by atoms with van der Waals surface area (Å²) in [6.07, 6.45) is 1.52. The molecule has 0 amide bonds. The molecule has 0 bridgehead atoms. The minimum atomic E-state index is -0.00933. The van der Waals surface area contributed by atoms with Crippen LogP contribution in [0.1, 0.15) is 33.6 Å². The number of carbonyl (C=O) groups excluding carboxylic acids is 1. The van der Waals surface area contributed by atoms with Crippen LogP contribution in [0.15, 0.2) is 0 Å². The third kappa shape index (κ3) is 8.02. The Morgan fingerprint density at radius 2 is 1.89 bits per heavy atom. The summed E-state index contributed by atoms with van der Waals surface area (Å²) in [5.74, 6) is 0. The van der Waals surface area contributed by atoms with Crippen molar-refractivity contribution in [1.82, 2.24) is 0 Å². The zero-order chi connectivity index (χ0) is 7.49. The lowest BCUT2D eigenvalue weighted by Crippen LogP contribution is -2.05. The first-order chi connectivity index (χ1) is 3.92. The van der Waals surface area contributed by atoms with Crippen LogP contribution in [0.25, 0.3) is 0 Å². The van der Waals surface area contributed by atoms with E-state index in [-0.39, 0.29) is 10.5 Å². The van der Waals surface area contributed by atoms with Gasteiger partial charge in [0.1, 0.15) is 0 Å². The maximum atomic E-state index is 10.4. The minimum absolute atomic E-state index is 0.00933. The predicted octanol–water partition coefficient (Wildman–Crippen LogP) is 2.27. The number of rotatable bonds is 2. The molecule has 0 unspecified atom stereocenters. The quantitative estimate of drug-likeness (QED) is 0.591. The molecule has 0 aliphatic rings. The Morgan fingerprint density at radius 3 is 2.00 bits per heavy atom. The van der Waals surface area contributed by atoms with Crippen LogP contribution < -0.4 is 0 Å². The zero-order valence-corrected chi connectivity index (χ0v) is 7.16. The van der Waals surface area contributed by atoms with E-state index in [4.69, 9.17) is 0 Å². The monoisotopic (exact) mass is 146 g/mol. The highest BCUT2D eigenvalue weighted by molar-refractivity contribution is 7.96. The van der Waals surface area contributed by atoms with E-state index >= 15 is 0 Å². The van der Waals surface area contributed by atoms with Gasteiger partial charge < -0.3 is 0 Å². The Morgan fingerprint density at radius 1 is 1.44 bits per heavy atom. The molecule has 0 spiro atoms. The standard InChI is InChI=1S/C7H14OS/c1-7(2,3)5-4-6(8)9/h4-5H2,1-3H3,(H,8,9). The highest BCUT2D eigenvalue weighted by Crippen LogP contribution is 2.20. The van der Waals surface area contributed by atoms with Gasteiger partial charge in [0.25, 0.3) is 0 Å².